The molecule has 0 saturated carbocycles. The van der Waals surface area contributed by atoms with Crippen LogP contribution in [-0.2, 0) is 7.05 Å². The fourth-order valence-electron chi connectivity index (χ4n) is 1.80. The molecule has 102 valence electrons. The van der Waals surface area contributed by atoms with Gasteiger partial charge >= 0.3 is 0 Å². The number of amides is 1. The van der Waals surface area contributed by atoms with Gasteiger partial charge in [-0.15, -0.1) is 0 Å². The molecule has 0 aliphatic rings. The summed E-state index contributed by atoms with van der Waals surface area (Å²) in [6.45, 7) is 4.32. The predicted molar refractivity (Wildman–Crippen MR) is 72.4 cm³/mol. The van der Waals surface area contributed by atoms with Crippen molar-refractivity contribution in [2.45, 2.75) is 13.3 Å². The Morgan fingerprint density at radius 1 is 1.44 bits per heavy atom. The summed E-state index contributed by atoms with van der Waals surface area (Å²) in [4.78, 5) is 16.1. The number of nitrogens with two attached hydrogens (primary N) is 1. The Bertz CT molecular complexity index is 399. The molecule has 0 spiro atoms. The first kappa shape index (κ1) is 14.5. The van der Waals surface area contributed by atoms with E-state index >= 15 is 0 Å². The normalized spacial score (nSPS) is 10.9. The van der Waals surface area contributed by atoms with Crippen molar-refractivity contribution in [3.05, 3.63) is 11.9 Å². The van der Waals surface area contributed by atoms with Crippen LogP contribution in [0.4, 0.5) is 5.69 Å². The van der Waals surface area contributed by atoms with Gasteiger partial charge in [0.05, 0.1) is 5.69 Å². The van der Waals surface area contributed by atoms with Crippen molar-refractivity contribution in [2.75, 3.05) is 39.5 Å². The van der Waals surface area contributed by atoms with Crippen LogP contribution in [0.3, 0.4) is 0 Å². The molecule has 1 amide bonds. The first-order chi connectivity index (χ1) is 8.45. The minimum atomic E-state index is -0.0886. The number of aryl methyl sites for hydroxylation is 1. The number of aromatic nitrogens is 2. The Kier molecular flexibility index (Phi) is 5.15. The highest BCUT2D eigenvalue weighted by molar-refractivity contribution is 5.97. The first-order valence-corrected chi connectivity index (χ1v) is 6.18. The Morgan fingerprint density at radius 3 is 2.56 bits per heavy atom. The van der Waals surface area contributed by atoms with Crippen LogP contribution in [0.5, 0.6) is 0 Å². The van der Waals surface area contributed by atoms with Crippen molar-refractivity contribution in [3.63, 3.8) is 0 Å². The SMILES string of the molecule is CCN(CCCN(C)C)C(=O)c1nn(C)cc1N. The maximum absolute atomic E-state index is 12.2. The fourth-order valence-corrected chi connectivity index (χ4v) is 1.80. The summed E-state index contributed by atoms with van der Waals surface area (Å²) in [6.07, 6.45) is 2.60. The number of nitrogen functional groups attached to an aromatic ring is 1. The van der Waals surface area contributed by atoms with Gasteiger partial charge in [-0.05, 0) is 34.0 Å². The van der Waals surface area contributed by atoms with Crippen LogP contribution in [0.2, 0.25) is 0 Å². The predicted octanol–water partition coefficient (Wildman–Crippen LogP) is 0.416. The molecule has 0 aromatic carbocycles. The van der Waals surface area contributed by atoms with Gasteiger partial charge < -0.3 is 15.5 Å². The summed E-state index contributed by atoms with van der Waals surface area (Å²) in [7, 11) is 5.80. The number of nitrogens with zero attached hydrogens (tertiary/aromatic N) is 4. The van der Waals surface area contributed by atoms with Crippen molar-refractivity contribution in [1.29, 1.82) is 0 Å². The molecular formula is C12H23N5O. The lowest BCUT2D eigenvalue weighted by Gasteiger charge is -2.21. The molecule has 6 heteroatoms. The zero-order valence-electron chi connectivity index (χ0n) is 11.7. The van der Waals surface area contributed by atoms with E-state index in [-0.39, 0.29) is 5.91 Å². The fraction of sp³-hybridized carbons (Fsp3) is 0.667. The molecule has 0 aliphatic carbocycles. The second-order valence-electron chi connectivity index (χ2n) is 4.65. The van der Waals surface area contributed by atoms with Gasteiger partial charge in [-0.25, -0.2) is 0 Å². The smallest absolute Gasteiger partial charge is 0.276 e. The summed E-state index contributed by atoms with van der Waals surface area (Å²) < 4.78 is 1.57. The summed E-state index contributed by atoms with van der Waals surface area (Å²) >= 11 is 0. The lowest BCUT2D eigenvalue weighted by Crippen LogP contribution is -2.34. The van der Waals surface area contributed by atoms with Gasteiger partial charge in [-0.1, -0.05) is 0 Å². The quantitative estimate of drug-likeness (QED) is 0.797. The molecule has 0 atom stereocenters. The molecule has 0 aliphatic heterocycles. The third-order valence-electron chi connectivity index (χ3n) is 2.76. The molecule has 0 radical (unpaired) electrons. The second-order valence-corrected chi connectivity index (χ2v) is 4.65. The van der Waals surface area contributed by atoms with E-state index in [4.69, 9.17) is 5.73 Å². The largest absolute Gasteiger partial charge is 0.396 e. The molecule has 1 heterocycles. The van der Waals surface area contributed by atoms with E-state index in [1.54, 1.807) is 22.8 Å². The van der Waals surface area contributed by atoms with Crippen LogP contribution in [0.1, 0.15) is 23.8 Å². The third kappa shape index (κ3) is 3.73. The van der Waals surface area contributed by atoms with Crippen LogP contribution in [0.25, 0.3) is 0 Å². The van der Waals surface area contributed by atoms with Crippen molar-refractivity contribution >= 4 is 11.6 Å². The minimum Gasteiger partial charge on any atom is -0.396 e. The number of anilines is 1. The van der Waals surface area contributed by atoms with Crippen LogP contribution in [-0.4, -0.2) is 59.2 Å². The van der Waals surface area contributed by atoms with Gasteiger partial charge in [0.25, 0.3) is 5.91 Å². The molecule has 1 aromatic heterocycles. The molecular weight excluding hydrogens is 230 g/mol. The lowest BCUT2D eigenvalue weighted by molar-refractivity contribution is 0.0753. The van der Waals surface area contributed by atoms with Crippen molar-refractivity contribution in [3.8, 4) is 0 Å². The molecule has 0 unspecified atom stereocenters. The average molecular weight is 253 g/mol. The lowest BCUT2D eigenvalue weighted by atomic mass is 10.3. The van der Waals surface area contributed by atoms with E-state index in [9.17, 15) is 4.79 Å². The van der Waals surface area contributed by atoms with Gasteiger partial charge in [-0.3, -0.25) is 9.48 Å². The van der Waals surface area contributed by atoms with Crippen molar-refractivity contribution in [2.24, 2.45) is 7.05 Å². The highest BCUT2D eigenvalue weighted by Gasteiger charge is 2.19. The molecule has 0 fully saturated rings. The van der Waals surface area contributed by atoms with E-state index in [2.05, 4.69) is 10.00 Å². The molecule has 1 rings (SSSR count). The Balaban J connectivity index is 2.65. The van der Waals surface area contributed by atoms with E-state index in [1.165, 1.54) is 0 Å². The molecule has 1 aromatic rings. The number of rotatable bonds is 6. The van der Waals surface area contributed by atoms with Gasteiger partial charge in [0.1, 0.15) is 0 Å². The van der Waals surface area contributed by atoms with E-state index in [1.807, 2.05) is 21.0 Å². The number of carbonyl (C=O) groups excluding carboxylic acids is 1. The summed E-state index contributed by atoms with van der Waals surface area (Å²) in [5.74, 6) is -0.0886. The van der Waals surface area contributed by atoms with Gasteiger partial charge in [-0.2, -0.15) is 5.10 Å². The van der Waals surface area contributed by atoms with Crippen LogP contribution in [0.15, 0.2) is 6.20 Å². The minimum absolute atomic E-state index is 0.0886. The monoisotopic (exact) mass is 253 g/mol. The van der Waals surface area contributed by atoms with Crippen LogP contribution < -0.4 is 5.73 Å². The van der Waals surface area contributed by atoms with Gasteiger partial charge in [0.15, 0.2) is 5.69 Å². The Labute approximate surface area is 108 Å². The van der Waals surface area contributed by atoms with E-state index in [0.717, 1.165) is 19.5 Å². The first-order valence-electron chi connectivity index (χ1n) is 6.18. The maximum Gasteiger partial charge on any atom is 0.276 e. The van der Waals surface area contributed by atoms with Gasteiger partial charge in [0, 0.05) is 26.3 Å². The average Bonchev–Trinajstić information content (AvgIpc) is 2.63. The van der Waals surface area contributed by atoms with Crippen molar-refractivity contribution < 1.29 is 4.79 Å². The van der Waals surface area contributed by atoms with Gasteiger partial charge in [0.2, 0.25) is 0 Å². The zero-order chi connectivity index (χ0) is 13.7. The number of carbonyl (C=O) groups is 1. The van der Waals surface area contributed by atoms with E-state index in [0.29, 0.717) is 17.9 Å². The zero-order valence-corrected chi connectivity index (χ0v) is 11.7. The second kappa shape index (κ2) is 6.39. The molecule has 0 saturated heterocycles. The van der Waals surface area contributed by atoms with Crippen LogP contribution in [0, 0.1) is 0 Å². The summed E-state index contributed by atoms with van der Waals surface area (Å²) in [5, 5.41) is 4.11. The topological polar surface area (TPSA) is 67.4 Å². The molecule has 2 N–H and O–H groups in total. The summed E-state index contributed by atoms with van der Waals surface area (Å²) in [5.41, 5.74) is 6.56. The highest BCUT2D eigenvalue weighted by Crippen LogP contribution is 2.11. The van der Waals surface area contributed by atoms with Crippen molar-refractivity contribution in [1.82, 2.24) is 19.6 Å². The number of hydrogen-bond donors (Lipinski definition) is 1. The Morgan fingerprint density at radius 2 is 2.11 bits per heavy atom. The third-order valence-corrected chi connectivity index (χ3v) is 2.76. The molecule has 6 nitrogen and oxygen atoms in total. The summed E-state index contributed by atoms with van der Waals surface area (Å²) in [6, 6.07) is 0. The number of hydrogen-bond acceptors (Lipinski definition) is 4. The Hall–Kier alpha value is -1.56. The maximum atomic E-state index is 12.2. The van der Waals surface area contributed by atoms with Crippen LogP contribution >= 0.6 is 0 Å². The standard InChI is InChI=1S/C12H23N5O/c1-5-17(8-6-7-15(2)3)12(18)11-10(13)9-16(4)14-11/h9H,5-8,13H2,1-4H3. The van der Waals surface area contributed by atoms with E-state index < -0.39 is 0 Å². The highest BCUT2D eigenvalue weighted by atomic mass is 16.2. The molecule has 18 heavy (non-hydrogen) atoms. The molecule has 0 bridgehead atoms.